The third-order valence-corrected chi connectivity index (χ3v) is 6.59. The van der Waals surface area contributed by atoms with Crippen LogP contribution in [-0.2, 0) is 10.5 Å². The first-order chi connectivity index (χ1) is 13.5. The second kappa shape index (κ2) is 10.2. The molecular weight excluding hydrogens is 388 g/mol. The molecule has 0 unspecified atom stereocenters. The standard InChI is InChI=1S/C23H29ClN2OS/c1-17-6-5-13-26(14-17)21-11-9-19(10-12-21)18(2)25-23(27)16-28-15-20-7-3-4-8-22(20)24/h3-4,7-12,17-18H,5-6,13-16H2,1-2H3,(H,25,27)/t17-,18-/m1/s1. The summed E-state index contributed by atoms with van der Waals surface area (Å²) in [7, 11) is 0. The van der Waals surface area contributed by atoms with Crippen LogP contribution < -0.4 is 10.2 Å². The largest absolute Gasteiger partial charge is 0.371 e. The molecule has 0 radical (unpaired) electrons. The van der Waals surface area contributed by atoms with Gasteiger partial charge < -0.3 is 10.2 Å². The zero-order valence-corrected chi connectivity index (χ0v) is 18.2. The Kier molecular flexibility index (Phi) is 7.69. The molecule has 0 saturated carbocycles. The van der Waals surface area contributed by atoms with Crippen molar-refractivity contribution in [2.45, 2.75) is 38.5 Å². The summed E-state index contributed by atoms with van der Waals surface area (Å²) in [6, 6.07) is 16.4. The molecule has 0 aromatic heterocycles. The van der Waals surface area contributed by atoms with Crippen LogP contribution in [0, 0.1) is 5.92 Å². The Labute approximate surface area is 177 Å². The van der Waals surface area contributed by atoms with Crippen molar-refractivity contribution in [2.24, 2.45) is 5.92 Å². The predicted molar refractivity (Wildman–Crippen MR) is 121 cm³/mol. The van der Waals surface area contributed by atoms with E-state index in [-0.39, 0.29) is 11.9 Å². The second-order valence-corrected chi connectivity index (χ2v) is 9.05. The molecule has 2 aromatic rings. The van der Waals surface area contributed by atoms with E-state index in [0.717, 1.165) is 40.9 Å². The first kappa shape index (κ1) is 21.1. The summed E-state index contributed by atoms with van der Waals surface area (Å²) in [5.41, 5.74) is 3.49. The molecule has 1 saturated heterocycles. The van der Waals surface area contributed by atoms with Gasteiger partial charge in [0.15, 0.2) is 0 Å². The fourth-order valence-corrected chi connectivity index (χ4v) is 4.76. The molecule has 3 rings (SSSR count). The minimum absolute atomic E-state index is 0.00254. The predicted octanol–water partition coefficient (Wildman–Crippen LogP) is 5.69. The van der Waals surface area contributed by atoms with Gasteiger partial charge in [-0.2, -0.15) is 0 Å². The maximum Gasteiger partial charge on any atom is 0.230 e. The first-order valence-electron chi connectivity index (χ1n) is 9.98. The Morgan fingerprint density at radius 2 is 2.00 bits per heavy atom. The summed E-state index contributed by atoms with van der Waals surface area (Å²) in [6.45, 7) is 6.63. The molecule has 1 heterocycles. The molecule has 1 fully saturated rings. The zero-order chi connectivity index (χ0) is 19.9. The molecular formula is C23H29ClN2OS. The average Bonchev–Trinajstić information content (AvgIpc) is 2.69. The number of rotatable bonds is 7. The third kappa shape index (κ3) is 5.92. The number of hydrogen-bond acceptors (Lipinski definition) is 3. The van der Waals surface area contributed by atoms with E-state index in [9.17, 15) is 4.79 Å². The van der Waals surface area contributed by atoms with Gasteiger partial charge in [0.1, 0.15) is 0 Å². The third-order valence-electron chi connectivity index (χ3n) is 5.24. The van der Waals surface area contributed by atoms with E-state index in [2.05, 4.69) is 41.4 Å². The lowest BCUT2D eigenvalue weighted by atomic mass is 9.99. The average molecular weight is 417 g/mol. The Bertz CT molecular complexity index is 780. The van der Waals surface area contributed by atoms with Gasteiger partial charge in [-0.1, -0.05) is 48.9 Å². The van der Waals surface area contributed by atoms with Crippen LogP contribution in [0.3, 0.4) is 0 Å². The molecule has 0 bridgehead atoms. The topological polar surface area (TPSA) is 32.3 Å². The van der Waals surface area contributed by atoms with Crippen molar-refractivity contribution in [1.82, 2.24) is 5.32 Å². The molecule has 1 N–H and O–H groups in total. The van der Waals surface area contributed by atoms with Crippen molar-refractivity contribution in [3.8, 4) is 0 Å². The maximum atomic E-state index is 12.3. The van der Waals surface area contributed by atoms with E-state index in [0.29, 0.717) is 5.75 Å². The summed E-state index contributed by atoms with van der Waals surface area (Å²) in [5, 5.41) is 3.85. The van der Waals surface area contributed by atoms with Crippen LogP contribution in [0.5, 0.6) is 0 Å². The summed E-state index contributed by atoms with van der Waals surface area (Å²) in [5.74, 6) is 1.98. The number of nitrogens with one attached hydrogen (secondary N) is 1. The van der Waals surface area contributed by atoms with Crippen LogP contribution >= 0.6 is 23.4 Å². The quantitative estimate of drug-likeness (QED) is 0.629. The Balaban J connectivity index is 1.46. The summed E-state index contributed by atoms with van der Waals surface area (Å²) in [4.78, 5) is 14.7. The van der Waals surface area contributed by atoms with Crippen molar-refractivity contribution >= 4 is 35.0 Å². The van der Waals surface area contributed by atoms with E-state index >= 15 is 0 Å². The molecule has 2 atom stereocenters. The SMILES string of the molecule is C[C@@H]1CCCN(c2ccc([C@@H](C)NC(=O)CSCc3ccccc3Cl)cc2)C1. The van der Waals surface area contributed by atoms with Gasteiger partial charge in [0.05, 0.1) is 11.8 Å². The van der Waals surface area contributed by atoms with Crippen molar-refractivity contribution < 1.29 is 4.79 Å². The highest BCUT2D eigenvalue weighted by Gasteiger charge is 2.17. The molecule has 0 aliphatic carbocycles. The maximum absolute atomic E-state index is 12.3. The number of nitrogens with zero attached hydrogens (tertiary/aromatic N) is 1. The van der Waals surface area contributed by atoms with Gasteiger partial charge in [-0.15, -0.1) is 11.8 Å². The highest BCUT2D eigenvalue weighted by atomic mass is 35.5. The van der Waals surface area contributed by atoms with E-state index in [1.807, 2.05) is 31.2 Å². The number of halogens is 1. The van der Waals surface area contributed by atoms with Crippen molar-refractivity contribution in [3.63, 3.8) is 0 Å². The van der Waals surface area contributed by atoms with Gasteiger partial charge in [0, 0.05) is 29.6 Å². The van der Waals surface area contributed by atoms with Crippen LogP contribution in [-0.4, -0.2) is 24.7 Å². The minimum Gasteiger partial charge on any atom is -0.371 e. The smallest absolute Gasteiger partial charge is 0.230 e. The van der Waals surface area contributed by atoms with E-state index in [1.165, 1.54) is 18.5 Å². The lowest BCUT2D eigenvalue weighted by Crippen LogP contribution is -2.34. The van der Waals surface area contributed by atoms with Gasteiger partial charge in [-0.05, 0) is 55.0 Å². The van der Waals surface area contributed by atoms with Crippen molar-refractivity contribution in [3.05, 3.63) is 64.7 Å². The molecule has 1 aliphatic heterocycles. The fraction of sp³-hybridized carbons (Fsp3) is 0.435. The lowest BCUT2D eigenvalue weighted by Gasteiger charge is -2.33. The monoisotopic (exact) mass is 416 g/mol. The zero-order valence-electron chi connectivity index (χ0n) is 16.7. The molecule has 3 nitrogen and oxygen atoms in total. The number of hydrogen-bond donors (Lipinski definition) is 1. The molecule has 2 aromatic carbocycles. The van der Waals surface area contributed by atoms with Gasteiger partial charge in [-0.25, -0.2) is 0 Å². The van der Waals surface area contributed by atoms with Crippen LogP contribution in [0.25, 0.3) is 0 Å². The minimum atomic E-state index is 0.00254. The number of amides is 1. The lowest BCUT2D eigenvalue weighted by molar-refractivity contribution is -0.119. The molecule has 5 heteroatoms. The van der Waals surface area contributed by atoms with Crippen molar-refractivity contribution in [2.75, 3.05) is 23.7 Å². The van der Waals surface area contributed by atoms with Gasteiger partial charge in [-0.3, -0.25) is 4.79 Å². The van der Waals surface area contributed by atoms with Gasteiger partial charge >= 0.3 is 0 Å². The molecule has 0 spiro atoms. The van der Waals surface area contributed by atoms with Crippen LogP contribution in [0.4, 0.5) is 5.69 Å². The highest BCUT2D eigenvalue weighted by Crippen LogP contribution is 2.25. The second-order valence-electron chi connectivity index (χ2n) is 7.66. The van der Waals surface area contributed by atoms with E-state index in [4.69, 9.17) is 11.6 Å². The van der Waals surface area contributed by atoms with Crippen LogP contribution in [0.15, 0.2) is 48.5 Å². The molecule has 1 aliphatic rings. The van der Waals surface area contributed by atoms with Gasteiger partial charge in [0.2, 0.25) is 5.91 Å². The number of benzene rings is 2. The molecule has 28 heavy (non-hydrogen) atoms. The Morgan fingerprint density at radius 3 is 2.71 bits per heavy atom. The normalized spacial score (nSPS) is 18.0. The van der Waals surface area contributed by atoms with E-state index < -0.39 is 0 Å². The number of carbonyl (C=O) groups excluding carboxylic acids is 1. The number of anilines is 1. The van der Waals surface area contributed by atoms with Crippen LogP contribution in [0.1, 0.15) is 43.9 Å². The number of carbonyl (C=O) groups is 1. The first-order valence-corrected chi connectivity index (χ1v) is 11.5. The fourth-order valence-electron chi connectivity index (χ4n) is 3.63. The summed E-state index contributed by atoms with van der Waals surface area (Å²) in [6.07, 6.45) is 2.59. The molecule has 150 valence electrons. The number of thioether (sulfide) groups is 1. The van der Waals surface area contributed by atoms with Crippen LogP contribution in [0.2, 0.25) is 5.02 Å². The molecule has 1 amide bonds. The van der Waals surface area contributed by atoms with E-state index in [1.54, 1.807) is 11.8 Å². The summed E-state index contributed by atoms with van der Waals surface area (Å²) < 4.78 is 0. The Morgan fingerprint density at radius 1 is 1.25 bits per heavy atom. The Hall–Kier alpha value is -1.65. The van der Waals surface area contributed by atoms with Crippen molar-refractivity contribution in [1.29, 1.82) is 0 Å². The number of piperidine rings is 1. The van der Waals surface area contributed by atoms with Gasteiger partial charge in [0.25, 0.3) is 0 Å². The highest BCUT2D eigenvalue weighted by molar-refractivity contribution is 7.99. The summed E-state index contributed by atoms with van der Waals surface area (Å²) >= 11 is 7.75.